The predicted molar refractivity (Wildman–Crippen MR) is 103 cm³/mol. The van der Waals surface area contributed by atoms with Crippen LogP contribution in [0.5, 0.6) is 11.5 Å². The van der Waals surface area contributed by atoms with Crippen LogP contribution >= 0.6 is 12.2 Å². The zero-order valence-corrected chi connectivity index (χ0v) is 14.9. The Morgan fingerprint density at radius 3 is 2.31 bits per heavy atom. The lowest BCUT2D eigenvalue weighted by Gasteiger charge is -2.09. The second-order valence-electron chi connectivity index (χ2n) is 4.97. The van der Waals surface area contributed by atoms with Gasteiger partial charge in [0.05, 0.1) is 6.61 Å². The summed E-state index contributed by atoms with van der Waals surface area (Å²) in [6.45, 7) is 1.93. The summed E-state index contributed by atoms with van der Waals surface area (Å²) in [5, 5.41) is 5.42. The summed E-state index contributed by atoms with van der Waals surface area (Å²) in [4.78, 5) is 22.8. The van der Waals surface area contributed by atoms with Crippen LogP contribution in [0.15, 0.2) is 66.7 Å². The number of hydrogen-bond acceptors (Lipinski definition) is 5. The number of carbonyl (C=O) groups excluding carboxylic acids is 2. The van der Waals surface area contributed by atoms with Crippen molar-refractivity contribution in [1.29, 1.82) is 0 Å². The molecule has 0 spiro atoms. The molecule has 26 heavy (non-hydrogen) atoms. The first-order valence-corrected chi connectivity index (χ1v) is 8.27. The maximum Gasteiger partial charge on any atom is 0.330 e. The molecule has 2 N–H and O–H groups in total. The summed E-state index contributed by atoms with van der Waals surface area (Å²) in [5.41, 5.74) is 0.685. The van der Waals surface area contributed by atoms with Crippen LogP contribution in [0.25, 0.3) is 0 Å². The van der Waals surface area contributed by atoms with Gasteiger partial charge in [0.25, 0.3) is 0 Å². The first-order chi connectivity index (χ1) is 12.6. The van der Waals surface area contributed by atoms with E-state index in [2.05, 4.69) is 15.4 Å². The van der Waals surface area contributed by atoms with Gasteiger partial charge in [-0.25, -0.2) is 4.79 Å². The first-order valence-electron chi connectivity index (χ1n) is 7.86. The highest BCUT2D eigenvalue weighted by atomic mass is 32.1. The number of esters is 1. The van der Waals surface area contributed by atoms with Gasteiger partial charge in [0.15, 0.2) is 5.11 Å². The molecule has 2 aromatic rings. The molecule has 0 aliphatic carbocycles. The normalized spacial score (nSPS) is 10.2. The van der Waals surface area contributed by atoms with Crippen molar-refractivity contribution in [1.82, 2.24) is 5.32 Å². The van der Waals surface area contributed by atoms with Crippen molar-refractivity contribution in [3.63, 3.8) is 0 Å². The van der Waals surface area contributed by atoms with Gasteiger partial charge < -0.3 is 14.8 Å². The highest BCUT2D eigenvalue weighted by Gasteiger charge is 2.04. The number of hydrogen-bond donors (Lipinski definition) is 2. The summed E-state index contributed by atoms with van der Waals surface area (Å²) < 4.78 is 10.4. The first kappa shape index (κ1) is 19.1. The maximum atomic E-state index is 11.7. The van der Waals surface area contributed by atoms with Crippen molar-refractivity contribution in [2.24, 2.45) is 0 Å². The zero-order valence-electron chi connectivity index (χ0n) is 14.1. The van der Waals surface area contributed by atoms with Crippen LogP contribution in [-0.4, -0.2) is 23.6 Å². The third-order valence-corrected chi connectivity index (χ3v) is 3.19. The Labute approximate surface area is 156 Å². The Morgan fingerprint density at radius 1 is 1.00 bits per heavy atom. The van der Waals surface area contributed by atoms with Gasteiger partial charge >= 0.3 is 5.97 Å². The molecular weight excluding hydrogens is 352 g/mol. The standard InChI is InChI=1S/C19H18N2O4S/c1-2-24-18(23)13-12-17(22)21-19(26)20-14-8-10-16(11-9-14)25-15-6-4-3-5-7-15/h3-13H,2H2,1H3,(H2,20,21,22,26)/b13-12+. The van der Waals surface area contributed by atoms with E-state index in [1.807, 2.05) is 30.3 Å². The van der Waals surface area contributed by atoms with Gasteiger partial charge in [-0.1, -0.05) is 18.2 Å². The monoisotopic (exact) mass is 370 g/mol. The van der Waals surface area contributed by atoms with Gasteiger partial charge in [0.2, 0.25) is 5.91 Å². The molecule has 0 aliphatic rings. The Bertz CT molecular complexity index is 789. The summed E-state index contributed by atoms with van der Waals surface area (Å²) in [6, 6.07) is 16.5. The molecule has 6 nitrogen and oxygen atoms in total. The van der Waals surface area contributed by atoms with Crippen LogP contribution in [0.4, 0.5) is 5.69 Å². The molecule has 2 rings (SSSR count). The van der Waals surface area contributed by atoms with Crippen LogP contribution in [-0.2, 0) is 14.3 Å². The van der Waals surface area contributed by atoms with Gasteiger partial charge in [-0.05, 0) is 55.5 Å². The SMILES string of the molecule is CCOC(=O)/C=C/C(=O)NC(=S)Nc1ccc(Oc2ccccc2)cc1. The van der Waals surface area contributed by atoms with Crippen molar-refractivity contribution in [3.8, 4) is 11.5 Å². The van der Waals surface area contributed by atoms with Crippen LogP contribution in [0.2, 0.25) is 0 Å². The number of anilines is 1. The third-order valence-electron chi connectivity index (χ3n) is 2.99. The summed E-state index contributed by atoms with van der Waals surface area (Å²) >= 11 is 5.06. The molecule has 0 atom stereocenters. The maximum absolute atomic E-state index is 11.7. The molecule has 0 fully saturated rings. The van der Waals surface area contributed by atoms with Gasteiger partial charge in [-0.3, -0.25) is 10.1 Å². The van der Waals surface area contributed by atoms with E-state index in [9.17, 15) is 9.59 Å². The van der Waals surface area contributed by atoms with E-state index < -0.39 is 11.9 Å². The summed E-state index contributed by atoms with van der Waals surface area (Å²) in [7, 11) is 0. The molecule has 0 saturated heterocycles. The molecule has 0 saturated carbocycles. The molecule has 0 heterocycles. The number of rotatable bonds is 6. The molecule has 0 unspecified atom stereocenters. The van der Waals surface area contributed by atoms with Crippen molar-refractivity contribution in [3.05, 3.63) is 66.7 Å². The lowest BCUT2D eigenvalue weighted by Crippen LogP contribution is -2.32. The second kappa shape index (κ2) is 9.95. The predicted octanol–water partition coefficient (Wildman–Crippen LogP) is 3.41. The topological polar surface area (TPSA) is 76.7 Å². The molecule has 0 aliphatic heterocycles. The van der Waals surface area contributed by atoms with Crippen molar-refractivity contribution < 1.29 is 19.1 Å². The molecule has 0 bridgehead atoms. The average Bonchev–Trinajstić information content (AvgIpc) is 2.63. The minimum atomic E-state index is -0.587. The zero-order chi connectivity index (χ0) is 18.8. The van der Waals surface area contributed by atoms with Gasteiger partial charge in [-0.15, -0.1) is 0 Å². The van der Waals surface area contributed by atoms with E-state index in [4.69, 9.17) is 17.0 Å². The Balaban J connectivity index is 1.83. The fraction of sp³-hybridized carbons (Fsp3) is 0.105. The molecular formula is C19H18N2O4S. The van der Waals surface area contributed by atoms with Crippen LogP contribution in [0, 0.1) is 0 Å². The molecule has 134 valence electrons. The van der Waals surface area contributed by atoms with Gasteiger partial charge in [0.1, 0.15) is 11.5 Å². The fourth-order valence-corrected chi connectivity index (χ4v) is 2.10. The number of amides is 1. The summed E-state index contributed by atoms with van der Waals surface area (Å²) in [6.07, 6.45) is 2.10. The van der Waals surface area contributed by atoms with Crippen LogP contribution < -0.4 is 15.4 Å². The van der Waals surface area contributed by atoms with Gasteiger partial charge in [0, 0.05) is 17.8 Å². The number of nitrogens with one attached hydrogen (secondary N) is 2. The van der Waals surface area contributed by atoms with Crippen LogP contribution in [0.1, 0.15) is 6.92 Å². The molecule has 7 heteroatoms. The lowest BCUT2D eigenvalue weighted by atomic mass is 10.3. The molecule has 0 radical (unpaired) electrons. The molecule has 0 aromatic heterocycles. The molecule has 1 amide bonds. The Hall–Kier alpha value is -3.19. The number of benzene rings is 2. The fourth-order valence-electron chi connectivity index (χ4n) is 1.88. The Kier molecular flexibility index (Phi) is 7.32. The van der Waals surface area contributed by atoms with E-state index in [0.717, 1.165) is 17.9 Å². The van der Waals surface area contributed by atoms with Gasteiger partial charge in [-0.2, -0.15) is 0 Å². The highest BCUT2D eigenvalue weighted by molar-refractivity contribution is 7.80. The van der Waals surface area contributed by atoms with E-state index in [-0.39, 0.29) is 11.7 Å². The highest BCUT2D eigenvalue weighted by Crippen LogP contribution is 2.22. The average molecular weight is 370 g/mol. The summed E-state index contributed by atoms with van der Waals surface area (Å²) in [5.74, 6) is 0.300. The second-order valence-corrected chi connectivity index (χ2v) is 5.38. The third kappa shape index (κ3) is 6.74. The minimum Gasteiger partial charge on any atom is -0.463 e. The number of carbonyl (C=O) groups is 2. The number of thiocarbonyl (C=S) groups is 1. The van der Waals surface area contributed by atoms with E-state index in [1.165, 1.54) is 0 Å². The van der Waals surface area contributed by atoms with Crippen molar-refractivity contribution in [2.45, 2.75) is 6.92 Å². The molecule has 2 aromatic carbocycles. The Morgan fingerprint density at radius 2 is 1.65 bits per heavy atom. The lowest BCUT2D eigenvalue weighted by molar-refractivity contribution is -0.137. The number of para-hydroxylation sites is 1. The largest absolute Gasteiger partial charge is 0.463 e. The van der Waals surface area contributed by atoms with E-state index in [0.29, 0.717) is 11.4 Å². The number of ether oxygens (including phenoxy) is 2. The quantitative estimate of drug-likeness (QED) is 0.461. The van der Waals surface area contributed by atoms with Crippen molar-refractivity contribution in [2.75, 3.05) is 11.9 Å². The van der Waals surface area contributed by atoms with Crippen LogP contribution in [0.3, 0.4) is 0 Å². The van der Waals surface area contributed by atoms with E-state index >= 15 is 0 Å². The van der Waals surface area contributed by atoms with Crippen molar-refractivity contribution >= 4 is 34.9 Å². The van der Waals surface area contributed by atoms with E-state index in [1.54, 1.807) is 31.2 Å². The smallest absolute Gasteiger partial charge is 0.330 e. The minimum absolute atomic E-state index is 0.111.